The van der Waals surface area contributed by atoms with E-state index < -0.39 is 0 Å². The predicted octanol–water partition coefficient (Wildman–Crippen LogP) is 0.853. The Morgan fingerprint density at radius 1 is 1.29 bits per heavy atom. The first kappa shape index (κ1) is 3.90. The summed E-state index contributed by atoms with van der Waals surface area (Å²) in [5.41, 5.74) is 0. The average molecular weight is 97.2 g/mol. The van der Waals surface area contributed by atoms with E-state index in [0.717, 1.165) is 12.1 Å². The molecule has 1 aliphatic carbocycles. The third kappa shape index (κ3) is 0.367. The molecule has 0 radical (unpaired) electrons. The summed E-state index contributed by atoms with van der Waals surface area (Å²) in [5, 5.41) is 0. The van der Waals surface area contributed by atoms with Crippen LogP contribution in [0.5, 0.6) is 0 Å². The standard InChI is InChI=1S/C6H11N/c1-7-5-3-2-4-6(5)7/h5-6H,2-4H2,1H3/t5-,6?,7?/m1/s1. The molecule has 2 unspecified atom stereocenters. The quantitative estimate of drug-likeness (QED) is 0.405. The number of rotatable bonds is 0. The number of hydrogen-bond donors (Lipinski definition) is 0. The molecule has 2 fully saturated rings. The molecule has 0 aromatic rings. The Bertz CT molecular complexity index is 80.2. The van der Waals surface area contributed by atoms with Crippen LogP contribution in [0.25, 0.3) is 0 Å². The van der Waals surface area contributed by atoms with E-state index in [1.165, 1.54) is 19.3 Å². The van der Waals surface area contributed by atoms with Crippen molar-refractivity contribution in [2.45, 2.75) is 31.3 Å². The van der Waals surface area contributed by atoms with E-state index in [-0.39, 0.29) is 0 Å². The zero-order valence-corrected chi connectivity index (χ0v) is 4.72. The highest BCUT2D eigenvalue weighted by atomic mass is 15.3. The molecule has 1 saturated heterocycles. The second-order valence-electron chi connectivity index (χ2n) is 2.73. The number of fused-ring (bicyclic) bond motifs is 1. The van der Waals surface area contributed by atoms with Crippen LogP contribution in [0.3, 0.4) is 0 Å². The second-order valence-corrected chi connectivity index (χ2v) is 2.73. The summed E-state index contributed by atoms with van der Waals surface area (Å²) in [6.07, 6.45) is 4.43. The van der Waals surface area contributed by atoms with Gasteiger partial charge in [0.1, 0.15) is 0 Å². The predicted molar refractivity (Wildman–Crippen MR) is 29.2 cm³/mol. The van der Waals surface area contributed by atoms with Gasteiger partial charge in [-0.2, -0.15) is 0 Å². The number of piperidine rings is 1. The van der Waals surface area contributed by atoms with Crippen molar-refractivity contribution in [3.8, 4) is 0 Å². The third-order valence-electron chi connectivity index (χ3n) is 2.40. The van der Waals surface area contributed by atoms with Crippen molar-refractivity contribution < 1.29 is 0 Å². The van der Waals surface area contributed by atoms with Gasteiger partial charge >= 0.3 is 0 Å². The zero-order chi connectivity index (χ0) is 4.85. The Morgan fingerprint density at radius 2 is 1.86 bits per heavy atom. The lowest BCUT2D eigenvalue weighted by Crippen LogP contribution is -1.95. The molecule has 0 aromatic heterocycles. The molecule has 1 aliphatic heterocycles. The van der Waals surface area contributed by atoms with Crippen LogP contribution in [0, 0.1) is 0 Å². The van der Waals surface area contributed by atoms with Crippen molar-refractivity contribution >= 4 is 0 Å². The van der Waals surface area contributed by atoms with Gasteiger partial charge in [-0.1, -0.05) is 6.42 Å². The Labute approximate surface area is 44.3 Å². The summed E-state index contributed by atoms with van der Waals surface area (Å²) >= 11 is 0. The number of hydrogen-bond acceptors (Lipinski definition) is 1. The Balaban J connectivity index is 2.06. The van der Waals surface area contributed by atoms with Crippen LogP contribution in [-0.4, -0.2) is 24.0 Å². The minimum absolute atomic E-state index is 1.01. The topological polar surface area (TPSA) is 3.01 Å². The number of nitrogens with zero attached hydrogens (tertiary/aromatic N) is 1. The highest BCUT2D eigenvalue weighted by molar-refractivity contribution is 5.03. The van der Waals surface area contributed by atoms with Gasteiger partial charge in [0.15, 0.2) is 0 Å². The lowest BCUT2D eigenvalue weighted by atomic mass is 10.3. The molecule has 0 bridgehead atoms. The van der Waals surface area contributed by atoms with Gasteiger partial charge in [-0.15, -0.1) is 0 Å². The van der Waals surface area contributed by atoms with E-state index in [1.54, 1.807) is 0 Å². The SMILES string of the molecule is CN1C2CCC[C@H]21. The maximum absolute atomic E-state index is 2.48. The Hall–Kier alpha value is -0.0400. The fraction of sp³-hybridized carbons (Fsp3) is 1.00. The molecule has 2 rings (SSSR count). The van der Waals surface area contributed by atoms with Gasteiger partial charge in [0.25, 0.3) is 0 Å². The van der Waals surface area contributed by atoms with Gasteiger partial charge < -0.3 is 0 Å². The van der Waals surface area contributed by atoms with Crippen molar-refractivity contribution in [3.05, 3.63) is 0 Å². The minimum Gasteiger partial charge on any atom is -0.297 e. The normalized spacial score (nSPS) is 57.0. The van der Waals surface area contributed by atoms with Crippen molar-refractivity contribution in [2.24, 2.45) is 0 Å². The first-order chi connectivity index (χ1) is 3.39. The van der Waals surface area contributed by atoms with Crippen molar-refractivity contribution in [1.82, 2.24) is 4.90 Å². The van der Waals surface area contributed by atoms with Gasteiger partial charge in [0, 0.05) is 12.1 Å². The summed E-state index contributed by atoms with van der Waals surface area (Å²) < 4.78 is 0. The summed E-state index contributed by atoms with van der Waals surface area (Å²) in [6, 6.07) is 2.03. The van der Waals surface area contributed by atoms with E-state index >= 15 is 0 Å². The van der Waals surface area contributed by atoms with E-state index in [9.17, 15) is 0 Å². The first-order valence-electron chi connectivity index (χ1n) is 3.11. The van der Waals surface area contributed by atoms with Crippen LogP contribution >= 0.6 is 0 Å². The molecule has 0 N–H and O–H groups in total. The molecular weight excluding hydrogens is 86.1 g/mol. The largest absolute Gasteiger partial charge is 0.297 e. The first-order valence-corrected chi connectivity index (χ1v) is 3.11. The average Bonchev–Trinajstić information content (AvgIpc) is 2.26. The molecule has 2 aliphatic rings. The Morgan fingerprint density at radius 3 is 2.14 bits per heavy atom. The van der Waals surface area contributed by atoms with Gasteiger partial charge in [-0.3, -0.25) is 4.90 Å². The summed E-state index contributed by atoms with van der Waals surface area (Å²) in [7, 11) is 2.23. The lowest BCUT2D eigenvalue weighted by Gasteiger charge is -1.94. The molecule has 7 heavy (non-hydrogen) atoms. The van der Waals surface area contributed by atoms with Gasteiger partial charge in [-0.25, -0.2) is 0 Å². The van der Waals surface area contributed by atoms with Crippen LogP contribution < -0.4 is 0 Å². The van der Waals surface area contributed by atoms with E-state index in [1.807, 2.05) is 0 Å². The van der Waals surface area contributed by atoms with Crippen molar-refractivity contribution in [1.29, 1.82) is 0 Å². The number of likely N-dealkylation sites (N-methyl/N-ethyl adjacent to an activating group) is 1. The number of likely N-dealkylation sites (tertiary alicyclic amines) is 1. The molecule has 0 amide bonds. The maximum Gasteiger partial charge on any atom is 0.0252 e. The van der Waals surface area contributed by atoms with Crippen LogP contribution in [0.1, 0.15) is 19.3 Å². The molecule has 1 nitrogen and oxygen atoms in total. The third-order valence-corrected chi connectivity index (χ3v) is 2.40. The molecule has 1 saturated carbocycles. The fourth-order valence-electron chi connectivity index (χ4n) is 1.80. The molecule has 1 heterocycles. The molecular formula is C6H11N. The summed E-state index contributed by atoms with van der Waals surface area (Å²) in [6.45, 7) is 0. The maximum atomic E-state index is 2.48. The van der Waals surface area contributed by atoms with Gasteiger partial charge in [0.2, 0.25) is 0 Å². The minimum atomic E-state index is 1.01. The fourth-order valence-corrected chi connectivity index (χ4v) is 1.80. The molecule has 0 spiro atoms. The Kier molecular flexibility index (Phi) is 0.571. The van der Waals surface area contributed by atoms with Gasteiger partial charge in [-0.05, 0) is 19.9 Å². The van der Waals surface area contributed by atoms with Gasteiger partial charge in [0.05, 0.1) is 0 Å². The molecule has 40 valence electrons. The van der Waals surface area contributed by atoms with E-state index in [2.05, 4.69) is 11.9 Å². The van der Waals surface area contributed by atoms with E-state index in [4.69, 9.17) is 0 Å². The lowest BCUT2D eigenvalue weighted by molar-refractivity contribution is 0.501. The zero-order valence-electron chi connectivity index (χ0n) is 4.72. The van der Waals surface area contributed by atoms with Crippen LogP contribution in [-0.2, 0) is 0 Å². The summed E-state index contributed by atoms with van der Waals surface area (Å²) in [5.74, 6) is 0. The van der Waals surface area contributed by atoms with Crippen molar-refractivity contribution in [2.75, 3.05) is 7.05 Å². The van der Waals surface area contributed by atoms with E-state index in [0.29, 0.717) is 0 Å². The summed E-state index contributed by atoms with van der Waals surface area (Å²) in [4.78, 5) is 2.48. The van der Waals surface area contributed by atoms with Crippen molar-refractivity contribution in [3.63, 3.8) is 0 Å². The van der Waals surface area contributed by atoms with Crippen LogP contribution in [0.4, 0.5) is 0 Å². The second kappa shape index (κ2) is 1.03. The van der Waals surface area contributed by atoms with Crippen LogP contribution in [0.15, 0.2) is 0 Å². The highest BCUT2D eigenvalue weighted by Gasteiger charge is 2.46. The monoisotopic (exact) mass is 97.1 g/mol. The molecule has 1 heteroatoms. The molecule has 3 atom stereocenters. The molecule has 0 aromatic carbocycles. The highest BCUT2D eigenvalue weighted by Crippen LogP contribution is 2.39. The smallest absolute Gasteiger partial charge is 0.0252 e. The van der Waals surface area contributed by atoms with Crippen LogP contribution in [0.2, 0.25) is 0 Å².